The van der Waals surface area contributed by atoms with Crippen molar-refractivity contribution in [3.8, 4) is 23.0 Å². The first-order valence-corrected chi connectivity index (χ1v) is 10.4. The summed E-state index contributed by atoms with van der Waals surface area (Å²) >= 11 is 0. The van der Waals surface area contributed by atoms with Gasteiger partial charge in [-0.2, -0.15) is 0 Å². The predicted octanol–water partition coefficient (Wildman–Crippen LogP) is 7.04. The van der Waals surface area contributed by atoms with Crippen LogP contribution in [0, 0.1) is 11.6 Å². The molecule has 0 radical (unpaired) electrons. The van der Waals surface area contributed by atoms with Crippen molar-refractivity contribution in [3.05, 3.63) is 108 Å². The number of ether oxygens (including phenoxy) is 2. The smallest absolute Gasteiger partial charge is 0.167 e. The van der Waals surface area contributed by atoms with Crippen LogP contribution in [0.15, 0.2) is 84.9 Å². The lowest BCUT2D eigenvalue weighted by molar-refractivity contribution is 0.416. The zero-order valence-corrected chi connectivity index (χ0v) is 18.3. The molecule has 4 rings (SSSR count). The highest BCUT2D eigenvalue weighted by molar-refractivity contribution is 5.54. The second-order valence-electron chi connectivity index (χ2n) is 8.20. The van der Waals surface area contributed by atoms with Crippen molar-refractivity contribution in [2.45, 2.75) is 19.3 Å². The molecular formula is C27H24F2N2O2. The molecule has 4 aromatic carbocycles. The third-order valence-corrected chi connectivity index (χ3v) is 5.47. The fraction of sp³-hybridized carbons (Fsp3) is 0.111. The number of hydrogen-bond acceptors (Lipinski definition) is 4. The highest BCUT2D eigenvalue weighted by Crippen LogP contribution is 2.43. The molecule has 0 amide bonds. The number of hydrogen-bond donors (Lipinski definition) is 2. The van der Waals surface area contributed by atoms with Gasteiger partial charge >= 0.3 is 0 Å². The monoisotopic (exact) mass is 446 g/mol. The van der Waals surface area contributed by atoms with Gasteiger partial charge in [0.15, 0.2) is 23.1 Å². The van der Waals surface area contributed by atoms with Gasteiger partial charge in [-0.3, -0.25) is 0 Å². The van der Waals surface area contributed by atoms with Gasteiger partial charge in [0, 0.05) is 40.0 Å². The topological polar surface area (TPSA) is 70.5 Å². The minimum absolute atomic E-state index is 0.0703. The zero-order chi connectivity index (χ0) is 23.6. The quantitative estimate of drug-likeness (QED) is 0.312. The van der Waals surface area contributed by atoms with Gasteiger partial charge in [0.1, 0.15) is 11.5 Å². The molecule has 0 aliphatic rings. The Kier molecular flexibility index (Phi) is 5.92. The molecule has 0 unspecified atom stereocenters. The van der Waals surface area contributed by atoms with Crippen LogP contribution in [-0.4, -0.2) is 0 Å². The Morgan fingerprint density at radius 3 is 1.36 bits per heavy atom. The second-order valence-corrected chi connectivity index (χ2v) is 8.20. The second kappa shape index (κ2) is 8.82. The summed E-state index contributed by atoms with van der Waals surface area (Å²) in [6.45, 7) is 3.99. The van der Waals surface area contributed by atoms with Crippen molar-refractivity contribution in [1.82, 2.24) is 0 Å². The molecule has 0 bridgehead atoms. The molecule has 4 N–H and O–H groups in total. The molecule has 0 saturated carbocycles. The lowest BCUT2D eigenvalue weighted by Gasteiger charge is -2.30. The minimum atomic E-state index is -0.637. The fourth-order valence-corrected chi connectivity index (χ4v) is 3.73. The van der Waals surface area contributed by atoms with E-state index in [1.54, 1.807) is 24.3 Å². The van der Waals surface area contributed by atoms with E-state index in [9.17, 15) is 8.78 Å². The summed E-state index contributed by atoms with van der Waals surface area (Å²) < 4.78 is 40.7. The van der Waals surface area contributed by atoms with E-state index in [1.807, 2.05) is 50.2 Å². The SMILES string of the molecule is CC(C)(c1ccccc1Oc1ccc(N)cc1F)c1ccccc1Oc1ccc(N)cc1F. The Hall–Kier alpha value is -4.06. The minimum Gasteiger partial charge on any atom is -0.454 e. The molecule has 33 heavy (non-hydrogen) atoms. The van der Waals surface area contributed by atoms with Gasteiger partial charge in [-0.25, -0.2) is 8.78 Å². The van der Waals surface area contributed by atoms with E-state index in [-0.39, 0.29) is 11.5 Å². The molecule has 168 valence electrons. The lowest BCUT2D eigenvalue weighted by atomic mass is 9.77. The maximum Gasteiger partial charge on any atom is 0.167 e. The van der Waals surface area contributed by atoms with E-state index in [0.717, 1.165) is 11.1 Å². The highest BCUT2D eigenvalue weighted by atomic mass is 19.1. The Morgan fingerprint density at radius 1 is 0.576 bits per heavy atom. The van der Waals surface area contributed by atoms with Crippen molar-refractivity contribution >= 4 is 11.4 Å². The molecule has 0 aliphatic heterocycles. The van der Waals surface area contributed by atoms with Crippen molar-refractivity contribution in [2.75, 3.05) is 11.5 Å². The molecule has 0 fully saturated rings. The summed E-state index contributed by atoms with van der Waals surface area (Å²) in [4.78, 5) is 0. The van der Waals surface area contributed by atoms with Crippen LogP contribution in [0.1, 0.15) is 25.0 Å². The molecule has 4 nitrogen and oxygen atoms in total. The Bertz CT molecular complexity index is 1210. The van der Waals surface area contributed by atoms with Gasteiger partial charge in [-0.1, -0.05) is 50.2 Å². The van der Waals surface area contributed by atoms with E-state index in [4.69, 9.17) is 20.9 Å². The van der Waals surface area contributed by atoms with E-state index < -0.39 is 17.0 Å². The third kappa shape index (κ3) is 4.60. The zero-order valence-electron chi connectivity index (χ0n) is 18.3. The molecule has 0 aliphatic carbocycles. The van der Waals surface area contributed by atoms with Gasteiger partial charge < -0.3 is 20.9 Å². The van der Waals surface area contributed by atoms with Crippen molar-refractivity contribution in [1.29, 1.82) is 0 Å². The summed E-state index contributed by atoms with van der Waals surface area (Å²) in [7, 11) is 0. The van der Waals surface area contributed by atoms with Gasteiger partial charge in [0.25, 0.3) is 0 Å². The van der Waals surface area contributed by atoms with Crippen LogP contribution in [-0.2, 0) is 5.41 Å². The fourth-order valence-electron chi connectivity index (χ4n) is 3.73. The Labute approximate surface area is 191 Å². The number of nitrogen functional groups attached to an aromatic ring is 2. The van der Waals surface area contributed by atoms with Gasteiger partial charge in [0.05, 0.1) is 0 Å². The standard InChI is InChI=1S/C27H24F2N2O2/c1-27(2,19-7-3-5-9-23(19)32-25-13-11-17(30)15-21(25)28)20-8-4-6-10-24(20)33-26-14-12-18(31)16-22(26)29/h3-16H,30-31H2,1-2H3. The molecule has 0 spiro atoms. The number of rotatable bonds is 6. The van der Waals surface area contributed by atoms with E-state index >= 15 is 0 Å². The average molecular weight is 446 g/mol. The summed E-state index contributed by atoms with van der Waals surface area (Å²) in [5.41, 5.74) is 12.9. The molecular weight excluding hydrogens is 422 g/mol. The first-order valence-electron chi connectivity index (χ1n) is 10.4. The number of halogens is 2. The molecule has 0 aromatic heterocycles. The first-order chi connectivity index (χ1) is 15.8. The van der Waals surface area contributed by atoms with Crippen molar-refractivity contribution < 1.29 is 18.3 Å². The summed E-state index contributed by atoms with van der Waals surface area (Å²) in [5, 5.41) is 0. The van der Waals surface area contributed by atoms with Gasteiger partial charge in [0.2, 0.25) is 0 Å². The first kappa shape index (κ1) is 22.1. The van der Waals surface area contributed by atoms with Crippen LogP contribution in [0.3, 0.4) is 0 Å². The van der Waals surface area contributed by atoms with Crippen LogP contribution in [0.25, 0.3) is 0 Å². The van der Waals surface area contributed by atoms with Crippen LogP contribution in [0.2, 0.25) is 0 Å². The Balaban J connectivity index is 1.74. The molecule has 0 saturated heterocycles. The van der Waals surface area contributed by atoms with Crippen LogP contribution in [0.5, 0.6) is 23.0 Å². The third-order valence-electron chi connectivity index (χ3n) is 5.47. The van der Waals surface area contributed by atoms with E-state index in [2.05, 4.69) is 0 Å². The van der Waals surface area contributed by atoms with E-state index in [0.29, 0.717) is 22.9 Å². The Morgan fingerprint density at radius 2 is 0.970 bits per heavy atom. The van der Waals surface area contributed by atoms with Gasteiger partial charge in [-0.05, 0) is 36.4 Å². The van der Waals surface area contributed by atoms with Crippen molar-refractivity contribution in [3.63, 3.8) is 0 Å². The lowest BCUT2D eigenvalue weighted by Crippen LogP contribution is -2.20. The summed E-state index contributed by atoms with van der Waals surface area (Å²) in [6, 6.07) is 23.3. The average Bonchev–Trinajstić information content (AvgIpc) is 2.78. The normalized spacial score (nSPS) is 11.3. The summed E-state index contributed by atoms with van der Waals surface area (Å²) in [5.74, 6) is 0.0106. The summed E-state index contributed by atoms with van der Waals surface area (Å²) in [6.07, 6.45) is 0. The number of anilines is 2. The molecule has 0 heterocycles. The van der Waals surface area contributed by atoms with Gasteiger partial charge in [-0.15, -0.1) is 0 Å². The largest absolute Gasteiger partial charge is 0.454 e. The predicted molar refractivity (Wildman–Crippen MR) is 127 cm³/mol. The van der Waals surface area contributed by atoms with E-state index in [1.165, 1.54) is 24.3 Å². The van der Waals surface area contributed by atoms with Crippen molar-refractivity contribution in [2.24, 2.45) is 0 Å². The maximum atomic E-state index is 14.4. The molecule has 0 atom stereocenters. The number of nitrogens with two attached hydrogens (primary N) is 2. The number of para-hydroxylation sites is 2. The van der Waals surface area contributed by atoms with Crippen LogP contribution >= 0.6 is 0 Å². The highest BCUT2D eigenvalue weighted by Gasteiger charge is 2.30. The van der Waals surface area contributed by atoms with Crippen LogP contribution < -0.4 is 20.9 Å². The number of benzene rings is 4. The molecule has 6 heteroatoms. The molecule has 4 aromatic rings. The maximum absolute atomic E-state index is 14.4. The van der Waals surface area contributed by atoms with Crippen LogP contribution in [0.4, 0.5) is 20.2 Å².